The average molecular weight is 398 g/mol. The SMILES string of the molecule is COCCC1(c2noc(-c3ccncc3)n2)CCN(C(=O)c2cccs2)CC1. The van der Waals surface area contributed by atoms with Crippen molar-refractivity contribution >= 4 is 17.2 Å². The van der Waals surface area contributed by atoms with E-state index in [1.165, 1.54) is 11.3 Å². The summed E-state index contributed by atoms with van der Waals surface area (Å²) in [4.78, 5) is 24.1. The molecule has 146 valence electrons. The molecule has 3 aromatic rings. The number of nitrogens with zero attached hydrogens (tertiary/aromatic N) is 4. The number of piperidine rings is 1. The summed E-state index contributed by atoms with van der Waals surface area (Å²) in [5, 5.41) is 6.23. The van der Waals surface area contributed by atoms with Crippen LogP contribution in [0.3, 0.4) is 0 Å². The largest absolute Gasteiger partial charge is 0.385 e. The summed E-state index contributed by atoms with van der Waals surface area (Å²) < 4.78 is 10.9. The van der Waals surface area contributed by atoms with E-state index in [2.05, 4.69) is 15.1 Å². The Morgan fingerprint density at radius 3 is 2.75 bits per heavy atom. The number of ether oxygens (including phenoxy) is 1. The Hall–Kier alpha value is -2.58. The van der Waals surface area contributed by atoms with E-state index in [-0.39, 0.29) is 11.3 Å². The summed E-state index contributed by atoms with van der Waals surface area (Å²) in [6.07, 6.45) is 5.76. The quantitative estimate of drug-likeness (QED) is 0.633. The maximum absolute atomic E-state index is 12.7. The Bertz CT molecular complexity index is 903. The lowest BCUT2D eigenvalue weighted by atomic mass is 9.75. The van der Waals surface area contributed by atoms with E-state index in [0.717, 1.165) is 29.7 Å². The van der Waals surface area contributed by atoms with Gasteiger partial charge in [0.1, 0.15) is 0 Å². The molecule has 1 aliphatic heterocycles. The molecule has 0 bridgehead atoms. The van der Waals surface area contributed by atoms with Gasteiger partial charge in [-0.2, -0.15) is 4.98 Å². The molecule has 4 rings (SSSR count). The van der Waals surface area contributed by atoms with Gasteiger partial charge in [0.15, 0.2) is 5.82 Å². The molecule has 0 unspecified atom stereocenters. The third-order valence-corrected chi connectivity index (χ3v) is 6.21. The molecule has 0 atom stereocenters. The highest BCUT2D eigenvalue weighted by Gasteiger charge is 2.41. The number of rotatable bonds is 6. The third-order valence-electron chi connectivity index (χ3n) is 5.35. The van der Waals surface area contributed by atoms with Gasteiger partial charge < -0.3 is 14.2 Å². The minimum absolute atomic E-state index is 0.0981. The molecule has 1 saturated heterocycles. The van der Waals surface area contributed by atoms with Gasteiger partial charge in [-0.25, -0.2) is 0 Å². The van der Waals surface area contributed by atoms with Gasteiger partial charge in [-0.05, 0) is 42.8 Å². The number of aromatic nitrogens is 3. The van der Waals surface area contributed by atoms with Crippen LogP contribution in [0.5, 0.6) is 0 Å². The van der Waals surface area contributed by atoms with Gasteiger partial charge in [0.05, 0.1) is 4.88 Å². The molecule has 1 aliphatic rings. The second-order valence-electron chi connectivity index (χ2n) is 6.95. The van der Waals surface area contributed by atoms with E-state index in [1.807, 2.05) is 34.5 Å². The summed E-state index contributed by atoms with van der Waals surface area (Å²) in [7, 11) is 1.70. The fourth-order valence-corrected chi connectivity index (χ4v) is 4.32. The highest BCUT2D eigenvalue weighted by Crippen LogP contribution is 2.38. The van der Waals surface area contributed by atoms with Crippen LogP contribution in [0.4, 0.5) is 0 Å². The molecule has 0 saturated carbocycles. The average Bonchev–Trinajstić information content (AvgIpc) is 3.45. The molecule has 0 radical (unpaired) electrons. The molecule has 1 amide bonds. The summed E-state index contributed by atoms with van der Waals surface area (Å²) in [6.45, 7) is 1.94. The van der Waals surface area contributed by atoms with Crippen molar-refractivity contribution in [3.05, 3.63) is 52.7 Å². The number of amides is 1. The number of likely N-dealkylation sites (tertiary alicyclic amines) is 1. The van der Waals surface area contributed by atoms with Crippen molar-refractivity contribution in [2.75, 3.05) is 26.8 Å². The highest BCUT2D eigenvalue weighted by molar-refractivity contribution is 7.12. The first-order valence-corrected chi connectivity index (χ1v) is 10.2. The molecule has 0 spiro atoms. The predicted octanol–water partition coefficient (Wildman–Crippen LogP) is 3.40. The molecule has 0 N–H and O–H groups in total. The van der Waals surface area contributed by atoms with Crippen molar-refractivity contribution in [3.8, 4) is 11.5 Å². The summed E-state index contributed by atoms with van der Waals surface area (Å²) in [5.41, 5.74) is 0.595. The number of hydrogen-bond donors (Lipinski definition) is 0. The van der Waals surface area contributed by atoms with Crippen molar-refractivity contribution in [2.45, 2.75) is 24.7 Å². The minimum Gasteiger partial charge on any atom is -0.385 e. The van der Waals surface area contributed by atoms with E-state index in [9.17, 15) is 4.79 Å². The molecule has 1 fully saturated rings. The molecule has 7 nitrogen and oxygen atoms in total. The standard InChI is InChI=1S/C20H22N4O3S/c1-26-13-8-20(19-22-17(27-23-19)15-4-9-21-10-5-15)6-11-24(12-7-20)18(25)16-3-2-14-28-16/h2-5,9-10,14H,6-8,11-13H2,1H3. The van der Waals surface area contributed by atoms with Gasteiger partial charge in [0.2, 0.25) is 0 Å². The number of carbonyl (C=O) groups is 1. The van der Waals surface area contributed by atoms with Crippen molar-refractivity contribution in [1.82, 2.24) is 20.0 Å². The fraction of sp³-hybridized carbons (Fsp3) is 0.400. The number of hydrogen-bond acceptors (Lipinski definition) is 7. The second kappa shape index (κ2) is 8.20. The number of methoxy groups -OCH3 is 1. The molecular weight excluding hydrogens is 376 g/mol. The van der Waals surface area contributed by atoms with Gasteiger partial charge in [-0.15, -0.1) is 11.3 Å². The van der Waals surface area contributed by atoms with Crippen LogP contribution < -0.4 is 0 Å². The van der Waals surface area contributed by atoms with Crippen LogP contribution in [-0.2, 0) is 10.2 Å². The first-order valence-electron chi connectivity index (χ1n) is 9.28. The second-order valence-corrected chi connectivity index (χ2v) is 7.90. The van der Waals surface area contributed by atoms with Crippen LogP contribution in [0.2, 0.25) is 0 Å². The Labute approximate surface area is 167 Å². The lowest BCUT2D eigenvalue weighted by Crippen LogP contribution is -2.46. The van der Waals surface area contributed by atoms with E-state index in [0.29, 0.717) is 31.4 Å². The Morgan fingerprint density at radius 1 is 1.29 bits per heavy atom. The Morgan fingerprint density at radius 2 is 2.07 bits per heavy atom. The van der Waals surface area contributed by atoms with Gasteiger partial charge in [0.25, 0.3) is 11.8 Å². The van der Waals surface area contributed by atoms with E-state index >= 15 is 0 Å². The molecule has 28 heavy (non-hydrogen) atoms. The van der Waals surface area contributed by atoms with Crippen LogP contribution in [-0.4, -0.2) is 52.7 Å². The van der Waals surface area contributed by atoms with Crippen molar-refractivity contribution < 1.29 is 14.1 Å². The zero-order valence-corrected chi connectivity index (χ0v) is 16.5. The Balaban J connectivity index is 1.54. The van der Waals surface area contributed by atoms with Crippen molar-refractivity contribution in [2.24, 2.45) is 0 Å². The molecule has 8 heteroatoms. The lowest BCUT2D eigenvalue weighted by molar-refractivity contribution is 0.0621. The van der Waals surface area contributed by atoms with E-state index in [1.54, 1.807) is 19.5 Å². The Kier molecular flexibility index (Phi) is 5.50. The third kappa shape index (κ3) is 3.70. The fourth-order valence-electron chi connectivity index (χ4n) is 3.63. The normalized spacial score (nSPS) is 16.2. The molecule has 0 aromatic carbocycles. The minimum atomic E-state index is -0.253. The van der Waals surface area contributed by atoms with Crippen LogP contribution in [0.1, 0.15) is 34.8 Å². The predicted molar refractivity (Wildman–Crippen MR) is 105 cm³/mol. The number of carbonyl (C=O) groups excluding carboxylic acids is 1. The molecular formula is C20H22N4O3S. The van der Waals surface area contributed by atoms with Gasteiger partial charge in [0, 0.05) is 50.2 Å². The first-order chi connectivity index (χ1) is 13.7. The lowest BCUT2D eigenvalue weighted by Gasteiger charge is -2.39. The zero-order chi connectivity index (χ0) is 19.4. The van der Waals surface area contributed by atoms with Gasteiger partial charge in [-0.3, -0.25) is 9.78 Å². The maximum Gasteiger partial charge on any atom is 0.263 e. The summed E-state index contributed by atoms with van der Waals surface area (Å²) in [6, 6.07) is 7.48. The molecule has 3 aromatic heterocycles. The first kappa shape index (κ1) is 18.8. The van der Waals surface area contributed by atoms with Crippen LogP contribution in [0.15, 0.2) is 46.6 Å². The summed E-state index contributed by atoms with van der Waals surface area (Å²) >= 11 is 1.48. The highest BCUT2D eigenvalue weighted by atomic mass is 32.1. The topological polar surface area (TPSA) is 81.3 Å². The number of thiophene rings is 1. The smallest absolute Gasteiger partial charge is 0.263 e. The van der Waals surface area contributed by atoms with E-state index in [4.69, 9.17) is 9.26 Å². The van der Waals surface area contributed by atoms with Crippen LogP contribution >= 0.6 is 11.3 Å². The molecule has 0 aliphatic carbocycles. The van der Waals surface area contributed by atoms with Gasteiger partial charge in [-0.1, -0.05) is 11.2 Å². The van der Waals surface area contributed by atoms with Gasteiger partial charge >= 0.3 is 0 Å². The zero-order valence-electron chi connectivity index (χ0n) is 15.7. The molecule has 4 heterocycles. The maximum atomic E-state index is 12.7. The number of pyridine rings is 1. The van der Waals surface area contributed by atoms with Crippen LogP contribution in [0, 0.1) is 0 Å². The monoisotopic (exact) mass is 398 g/mol. The van der Waals surface area contributed by atoms with Crippen molar-refractivity contribution in [3.63, 3.8) is 0 Å². The van der Waals surface area contributed by atoms with Crippen LogP contribution in [0.25, 0.3) is 11.5 Å². The van der Waals surface area contributed by atoms with Crippen molar-refractivity contribution in [1.29, 1.82) is 0 Å². The summed E-state index contributed by atoms with van der Waals surface area (Å²) in [5.74, 6) is 1.28. The van der Waals surface area contributed by atoms with E-state index < -0.39 is 0 Å².